The van der Waals surface area contributed by atoms with E-state index in [9.17, 15) is 4.79 Å². The monoisotopic (exact) mass is 580 g/mol. The van der Waals surface area contributed by atoms with Gasteiger partial charge < -0.3 is 4.90 Å². The number of piperazine rings is 1. The second kappa shape index (κ2) is 12.4. The Hall–Kier alpha value is -3.79. The number of thiazole rings is 1. The summed E-state index contributed by atoms with van der Waals surface area (Å²) in [6.07, 6.45) is 0. The largest absolute Gasteiger partial charge is 0.335 e. The van der Waals surface area contributed by atoms with Crippen LogP contribution in [0.3, 0.4) is 0 Å². The minimum absolute atomic E-state index is 0.00652. The molecule has 0 unspecified atom stereocenters. The Bertz CT molecular complexity index is 1570. The fourth-order valence-corrected chi connectivity index (χ4v) is 7.14. The van der Waals surface area contributed by atoms with Crippen LogP contribution in [0.4, 0.5) is 0 Å². The number of hydrogen-bond donors (Lipinski definition) is 0. The predicted molar refractivity (Wildman–Crippen MR) is 165 cm³/mol. The Balaban J connectivity index is 1.10. The van der Waals surface area contributed by atoms with Crippen molar-refractivity contribution in [1.29, 1.82) is 0 Å². The van der Waals surface area contributed by atoms with Crippen LogP contribution in [-0.4, -0.2) is 61.6 Å². The SMILES string of the molecule is Cc1ccccc1-n1c(C)nnc1SCc1nc(C(=O)N2CCN(C(c3ccccc3)c3ccccc3)CC2)cs1. The van der Waals surface area contributed by atoms with Crippen LogP contribution in [0.5, 0.6) is 0 Å². The number of rotatable bonds is 8. The van der Waals surface area contributed by atoms with Crippen molar-refractivity contribution in [3.8, 4) is 5.69 Å². The molecule has 41 heavy (non-hydrogen) atoms. The van der Waals surface area contributed by atoms with Gasteiger partial charge in [-0.3, -0.25) is 14.3 Å². The zero-order chi connectivity index (χ0) is 28.2. The molecule has 9 heteroatoms. The maximum absolute atomic E-state index is 13.4. The topological polar surface area (TPSA) is 67.2 Å². The summed E-state index contributed by atoms with van der Waals surface area (Å²) in [5, 5.41) is 12.3. The van der Waals surface area contributed by atoms with Crippen molar-refractivity contribution in [2.24, 2.45) is 0 Å². The lowest BCUT2D eigenvalue weighted by molar-refractivity contribution is 0.0592. The van der Waals surface area contributed by atoms with E-state index in [1.807, 2.05) is 29.3 Å². The first-order valence-electron chi connectivity index (χ1n) is 13.8. The summed E-state index contributed by atoms with van der Waals surface area (Å²) in [4.78, 5) is 22.5. The molecule has 6 rings (SSSR count). The average Bonchev–Trinajstić information content (AvgIpc) is 3.64. The number of para-hydroxylation sites is 1. The van der Waals surface area contributed by atoms with E-state index in [-0.39, 0.29) is 11.9 Å². The van der Waals surface area contributed by atoms with E-state index in [1.54, 1.807) is 11.8 Å². The Labute approximate surface area is 248 Å². The third-order valence-corrected chi connectivity index (χ3v) is 9.42. The summed E-state index contributed by atoms with van der Waals surface area (Å²) in [5.41, 5.74) is 5.31. The molecule has 0 atom stereocenters. The van der Waals surface area contributed by atoms with Gasteiger partial charge in [0.15, 0.2) is 5.16 Å². The maximum Gasteiger partial charge on any atom is 0.273 e. The summed E-state index contributed by atoms with van der Waals surface area (Å²) >= 11 is 3.12. The van der Waals surface area contributed by atoms with Crippen LogP contribution in [-0.2, 0) is 5.75 Å². The molecule has 1 aliphatic rings. The molecule has 0 radical (unpaired) electrons. The molecule has 1 amide bonds. The number of carbonyl (C=O) groups excluding carboxylic acids is 1. The molecular weight excluding hydrogens is 549 g/mol. The highest BCUT2D eigenvalue weighted by Gasteiger charge is 2.29. The molecule has 3 heterocycles. The van der Waals surface area contributed by atoms with Crippen molar-refractivity contribution >= 4 is 29.0 Å². The van der Waals surface area contributed by atoms with Crippen molar-refractivity contribution < 1.29 is 4.79 Å². The van der Waals surface area contributed by atoms with E-state index >= 15 is 0 Å². The van der Waals surface area contributed by atoms with Crippen molar-refractivity contribution in [3.05, 3.63) is 124 Å². The molecule has 1 fully saturated rings. The van der Waals surface area contributed by atoms with Gasteiger partial charge in [-0.2, -0.15) is 0 Å². The zero-order valence-corrected chi connectivity index (χ0v) is 24.8. The summed E-state index contributed by atoms with van der Waals surface area (Å²) in [5.74, 6) is 1.48. The molecule has 0 spiro atoms. The minimum atomic E-state index is 0.00652. The van der Waals surface area contributed by atoms with Gasteiger partial charge in [-0.1, -0.05) is 90.6 Å². The molecule has 0 N–H and O–H groups in total. The number of amides is 1. The molecule has 3 aromatic carbocycles. The summed E-state index contributed by atoms with van der Waals surface area (Å²) in [6, 6.07) is 29.6. The first-order valence-corrected chi connectivity index (χ1v) is 15.6. The molecule has 1 aliphatic heterocycles. The van der Waals surface area contributed by atoms with Gasteiger partial charge in [0.1, 0.15) is 16.5 Å². The first kappa shape index (κ1) is 27.4. The van der Waals surface area contributed by atoms with E-state index in [0.29, 0.717) is 24.5 Å². The van der Waals surface area contributed by atoms with Crippen LogP contribution >= 0.6 is 23.1 Å². The predicted octanol–water partition coefficient (Wildman–Crippen LogP) is 6.18. The smallest absolute Gasteiger partial charge is 0.273 e. The van der Waals surface area contributed by atoms with E-state index in [0.717, 1.165) is 34.8 Å². The van der Waals surface area contributed by atoms with Crippen molar-refractivity contribution in [1.82, 2.24) is 29.5 Å². The Morgan fingerprint density at radius 3 is 2.15 bits per heavy atom. The molecule has 5 aromatic rings. The van der Waals surface area contributed by atoms with Gasteiger partial charge in [0.25, 0.3) is 5.91 Å². The lowest BCUT2D eigenvalue weighted by Gasteiger charge is -2.39. The van der Waals surface area contributed by atoms with Crippen LogP contribution in [0.15, 0.2) is 95.5 Å². The Morgan fingerprint density at radius 1 is 0.854 bits per heavy atom. The molecule has 1 saturated heterocycles. The summed E-state index contributed by atoms with van der Waals surface area (Å²) < 4.78 is 2.08. The number of carbonyl (C=O) groups is 1. The van der Waals surface area contributed by atoms with E-state index in [2.05, 4.69) is 99.4 Å². The first-order chi connectivity index (χ1) is 20.1. The summed E-state index contributed by atoms with van der Waals surface area (Å²) in [7, 11) is 0. The van der Waals surface area contributed by atoms with Gasteiger partial charge >= 0.3 is 0 Å². The molecule has 7 nitrogen and oxygen atoms in total. The van der Waals surface area contributed by atoms with Gasteiger partial charge in [-0.15, -0.1) is 21.5 Å². The van der Waals surface area contributed by atoms with Gasteiger partial charge in [-0.25, -0.2) is 4.98 Å². The van der Waals surface area contributed by atoms with E-state index in [1.165, 1.54) is 28.0 Å². The number of aromatic nitrogens is 4. The second-order valence-electron chi connectivity index (χ2n) is 10.1. The molecule has 0 bridgehead atoms. The van der Waals surface area contributed by atoms with Crippen LogP contribution in [0, 0.1) is 13.8 Å². The van der Waals surface area contributed by atoms with Gasteiger partial charge in [0, 0.05) is 31.6 Å². The molecule has 0 aliphatic carbocycles. The lowest BCUT2D eigenvalue weighted by Crippen LogP contribution is -2.50. The van der Waals surface area contributed by atoms with Crippen LogP contribution < -0.4 is 0 Å². The summed E-state index contributed by atoms with van der Waals surface area (Å²) in [6.45, 7) is 7.02. The standard InChI is InChI=1S/C32H32N6OS2/c1-23-11-9-10-16-28(23)38-24(2)34-35-32(38)41-22-29-33-27(21-40-29)31(39)37-19-17-36(18-20-37)30(25-12-5-3-6-13-25)26-14-7-4-8-15-26/h3-16,21,30H,17-20,22H2,1-2H3. The second-order valence-corrected chi connectivity index (χ2v) is 12.0. The Morgan fingerprint density at radius 2 is 1.49 bits per heavy atom. The minimum Gasteiger partial charge on any atom is -0.335 e. The third kappa shape index (κ3) is 5.98. The quantitative estimate of drug-likeness (QED) is 0.204. The van der Waals surface area contributed by atoms with E-state index < -0.39 is 0 Å². The molecule has 2 aromatic heterocycles. The Kier molecular flexibility index (Phi) is 8.27. The zero-order valence-electron chi connectivity index (χ0n) is 23.2. The number of benzene rings is 3. The van der Waals surface area contributed by atoms with Crippen LogP contribution in [0.2, 0.25) is 0 Å². The number of nitrogens with zero attached hydrogens (tertiary/aromatic N) is 6. The average molecular weight is 581 g/mol. The lowest BCUT2D eigenvalue weighted by atomic mass is 9.96. The van der Waals surface area contributed by atoms with E-state index in [4.69, 9.17) is 4.98 Å². The number of thioether (sulfide) groups is 1. The van der Waals surface area contributed by atoms with Crippen molar-refractivity contribution in [3.63, 3.8) is 0 Å². The highest BCUT2D eigenvalue weighted by molar-refractivity contribution is 7.98. The molecular formula is C32H32N6OS2. The van der Waals surface area contributed by atoms with Crippen molar-refractivity contribution in [2.75, 3.05) is 26.2 Å². The number of aryl methyl sites for hydroxylation is 2. The van der Waals surface area contributed by atoms with Gasteiger partial charge in [0.2, 0.25) is 0 Å². The highest BCUT2D eigenvalue weighted by Crippen LogP contribution is 2.31. The van der Waals surface area contributed by atoms with Gasteiger partial charge in [0.05, 0.1) is 17.5 Å². The number of hydrogen-bond acceptors (Lipinski definition) is 7. The third-order valence-electron chi connectivity index (χ3n) is 7.44. The van der Waals surface area contributed by atoms with Crippen molar-refractivity contribution in [2.45, 2.75) is 30.8 Å². The fourth-order valence-electron chi connectivity index (χ4n) is 5.36. The highest BCUT2D eigenvalue weighted by atomic mass is 32.2. The fraction of sp³-hybridized carbons (Fsp3) is 0.250. The van der Waals surface area contributed by atoms with Crippen LogP contribution in [0.1, 0.15) is 44.1 Å². The van der Waals surface area contributed by atoms with Gasteiger partial charge in [-0.05, 0) is 36.6 Å². The van der Waals surface area contributed by atoms with Crippen LogP contribution in [0.25, 0.3) is 5.69 Å². The normalized spacial score (nSPS) is 14.1. The maximum atomic E-state index is 13.4. The molecule has 208 valence electrons. The molecule has 0 saturated carbocycles.